The molecule has 0 bridgehead atoms. The van der Waals surface area contributed by atoms with Crippen LogP contribution in [0.15, 0.2) is 29.2 Å². The molecule has 1 saturated heterocycles. The summed E-state index contributed by atoms with van der Waals surface area (Å²) >= 11 is 0. The van der Waals surface area contributed by atoms with Crippen molar-refractivity contribution in [2.45, 2.75) is 51.7 Å². The van der Waals surface area contributed by atoms with E-state index in [4.69, 9.17) is 10.5 Å². The third-order valence-electron chi connectivity index (χ3n) is 5.94. The van der Waals surface area contributed by atoms with E-state index in [9.17, 15) is 4.79 Å². The maximum Gasteiger partial charge on any atom is 0.260 e. The molecule has 0 aliphatic carbocycles. The number of aryl methyl sites for hydroxylation is 1. The van der Waals surface area contributed by atoms with E-state index in [0.717, 1.165) is 48.1 Å². The minimum absolute atomic E-state index is 0.0919. The van der Waals surface area contributed by atoms with Crippen LogP contribution in [0.5, 0.6) is 0 Å². The van der Waals surface area contributed by atoms with Crippen LogP contribution in [-0.4, -0.2) is 46.3 Å². The van der Waals surface area contributed by atoms with Gasteiger partial charge in [0.15, 0.2) is 0 Å². The molecule has 8 nitrogen and oxygen atoms in total. The van der Waals surface area contributed by atoms with Gasteiger partial charge >= 0.3 is 0 Å². The van der Waals surface area contributed by atoms with E-state index in [2.05, 4.69) is 21.9 Å². The number of aromatic nitrogens is 4. The molecule has 0 aromatic carbocycles. The van der Waals surface area contributed by atoms with Gasteiger partial charge < -0.3 is 15.4 Å². The highest BCUT2D eigenvalue weighted by molar-refractivity contribution is 5.84. The Balaban J connectivity index is 1.85. The van der Waals surface area contributed by atoms with Crippen LogP contribution in [0.1, 0.15) is 44.3 Å². The highest BCUT2D eigenvalue weighted by atomic mass is 16.5. The van der Waals surface area contributed by atoms with Crippen molar-refractivity contribution in [3.05, 3.63) is 40.4 Å². The third-order valence-corrected chi connectivity index (χ3v) is 5.94. The SMILES string of the molecule is CCCC1CCC(n2c(=O)c(-c3ccc(N(C)C)nc3)cc3c(C)nc(N)nc32)CO1. The van der Waals surface area contributed by atoms with Crippen molar-refractivity contribution in [2.24, 2.45) is 0 Å². The van der Waals surface area contributed by atoms with E-state index in [-0.39, 0.29) is 23.7 Å². The van der Waals surface area contributed by atoms with Crippen molar-refractivity contribution in [3.63, 3.8) is 0 Å². The van der Waals surface area contributed by atoms with Crippen LogP contribution >= 0.6 is 0 Å². The molecule has 0 saturated carbocycles. The number of rotatable bonds is 5. The monoisotopic (exact) mass is 422 g/mol. The van der Waals surface area contributed by atoms with Crippen LogP contribution in [0.2, 0.25) is 0 Å². The molecule has 0 radical (unpaired) electrons. The first-order valence-corrected chi connectivity index (χ1v) is 10.8. The van der Waals surface area contributed by atoms with E-state index < -0.39 is 0 Å². The van der Waals surface area contributed by atoms with Crippen LogP contribution in [0.3, 0.4) is 0 Å². The molecule has 2 unspecified atom stereocenters. The minimum atomic E-state index is -0.105. The molecular formula is C23H30N6O2. The summed E-state index contributed by atoms with van der Waals surface area (Å²) in [5, 5.41) is 0.816. The summed E-state index contributed by atoms with van der Waals surface area (Å²) in [4.78, 5) is 28.9. The quantitative estimate of drug-likeness (QED) is 0.673. The van der Waals surface area contributed by atoms with Crippen molar-refractivity contribution in [1.29, 1.82) is 0 Å². The van der Waals surface area contributed by atoms with Gasteiger partial charge in [0.1, 0.15) is 11.5 Å². The largest absolute Gasteiger partial charge is 0.376 e. The molecule has 31 heavy (non-hydrogen) atoms. The van der Waals surface area contributed by atoms with Crippen molar-refractivity contribution >= 4 is 22.8 Å². The van der Waals surface area contributed by atoms with E-state index in [1.165, 1.54) is 0 Å². The number of nitrogens with two attached hydrogens (primary N) is 1. The Hall–Kier alpha value is -3.00. The van der Waals surface area contributed by atoms with Gasteiger partial charge in [-0.25, -0.2) is 9.97 Å². The van der Waals surface area contributed by atoms with Gasteiger partial charge in [0.2, 0.25) is 5.95 Å². The second kappa shape index (κ2) is 8.63. The number of ether oxygens (including phenoxy) is 1. The van der Waals surface area contributed by atoms with Crippen LogP contribution < -0.4 is 16.2 Å². The summed E-state index contributed by atoms with van der Waals surface area (Å²) in [6, 6.07) is 5.61. The topological polar surface area (TPSA) is 99.2 Å². The number of nitrogen functional groups attached to an aromatic ring is 1. The van der Waals surface area contributed by atoms with Crippen molar-refractivity contribution in [2.75, 3.05) is 31.3 Å². The standard InChI is InChI=1S/C23H30N6O2/c1-5-6-17-9-8-16(13-31-17)29-21-18(14(2)26-23(24)27-21)11-19(22(29)30)15-7-10-20(25-12-15)28(3)4/h7,10-12,16-17H,5-6,8-9,13H2,1-4H3,(H2,24,26,27). The summed E-state index contributed by atoms with van der Waals surface area (Å²) in [7, 11) is 3.87. The maximum atomic E-state index is 13.7. The Morgan fingerprint density at radius 3 is 2.68 bits per heavy atom. The lowest BCUT2D eigenvalue weighted by atomic mass is 10.00. The van der Waals surface area contributed by atoms with E-state index in [1.807, 2.05) is 44.1 Å². The highest BCUT2D eigenvalue weighted by Gasteiger charge is 2.26. The van der Waals surface area contributed by atoms with Gasteiger partial charge in [-0.3, -0.25) is 9.36 Å². The van der Waals surface area contributed by atoms with Crippen LogP contribution in [0, 0.1) is 6.92 Å². The molecule has 1 fully saturated rings. The van der Waals surface area contributed by atoms with Crippen molar-refractivity contribution < 1.29 is 4.74 Å². The molecule has 8 heteroatoms. The Labute approximate surface area is 182 Å². The molecule has 2 N–H and O–H groups in total. The first-order chi connectivity index (χ1) is 14.9. The lowest BCUT2D eigenvalue weighted by Crippen LogP contribution is -2.35. The third kappa shape index (κ3) is 4.12. The average molecular weight is 423 g/mol. The molecule has 1 aliphatic rings. The highest BCUT2D eigenvalue weighted by Crippen LogP contribution is 2.30. The van der Waals surface area contributed by atoms with Crippen molar-refractivity contribution in [1.82, 2.24) is 19.5 Å². The molecule has 2 atom stereocenters. The van der Waals surface area contributed by atoms with Gasteiger partial charge in [-0.1, -0.05) is 13.3 Å². The second-order valence-electron chi connectivity index (χ2n) is 8.41. The first-order valence-electron chi connectivity index (χ1n) is 10.8. The van der Waals surface area contributed by atoms with Gasteiger partial charge in [0, 0.05) is 36.8 Å². The Morgan fingerprint density at radius 1 is 1.26 bits per heavy atom. The Kier molecular flexibility index (Phi) is 5.91. The fourth-order valence-corrected chi connectivity index (χ4v) is 4.27. The van der Waals surface area contributed by atoms with Gasteiger partial charge in [0.05, 0.1) is 24.4 Å². The van der Waals surface area contributed by atoms with E-state index in [1.54, 1.807) is 10.8 Å². The van der Waals surface area contributed by atoms with Gasteiger partial charge in [0.25, 0.3) is 5.56 Å². The van der Waals surface area contributed by atoms with Crippen LogP contribution in [0.25, 0.3) is 22.2 Å². The lowest BCUT2D eigenvalue weighted by molar-refractivity contribution is -0.0157. The second-order valence-corrected chi connectivity index (χ2v) is 8.41. The van der Waals surface area contributed by atoms with E-state index >= 15 is 0 Å². The molecule has 3 aromatic heterocycles. The molecule has 1 aliphatic heterocycles. The van der Waals surface area contributed by atoms with Crippen LogP contribution in [-0.2, 0) is 4.74 Å². The zero-order chi connectivity index (χ0) is 22.1. The zero-order valence-corrected chi connectivity index (χ0v) is 18.6. The molecule has 164 valence electrons. The Bertz CT molecular complexity index is 1130. The molecule has 0 spiro atoms. The predicted molar refractivity (Wildman–Crippen MR) is 123 cm³/mol. The van der Waals surface area contributed by atoms with E-state index in [0.29, 0.717) is 17.8 Å². The molecule has 3 aromatic rings. The summed E-state index contributed by atoms with van der Waals surface area (Å²) in [5.74, 6) is 1.00. The number of hydrogen-bond donors (Lipinski definition) is 1. The molecule has 0 amide bonds. The number of pyridine rings is 2. The molecule has 4 rings (SSSR count). The summed E-state index contributed by atoms with van der Waals surface area (Å²) < 4.78 is 7.85. The number of hydrogen-bond acceptors (Lipinski definition) is 7. The molecule has 4 heterocycles. The first kappa shape index (κ1) is 21.2. The maximum absolute atomic E-state index is 13.7. The summed E-state index contributed by atoms with van der Waals surface area (Å²) in [6.45, 7) is 4.54. The van der Waals surface area contributed by atoms with Gasteiger partial charge in [-0.05, 0) is 44.4 Å². The average Bonchev–Trinajstić information content (AvgIpc) is 2.74. The lowest BCUT2D eigenvalue weighted by Gasteiger charge is -2.31. The minimum Gasteiger partial charge on any atom is -0.376 e. The molecular weight excluding hydrogens is 392 g/mol. The Morgan fingerprint density at radius 2 is 2.06 bits per heavy atom. The smallest absolute Gasteiger partial charge is 0.260 e. The number of fused-ring (bicyclic) bond motifs is 1. The number of nitrogens with zero attached hydrogens (tertiary/aromatic N) is 5. The summed E-state index contributed by atoms with van der Waals surface area (Å²) in [6.07, 6.45) is 5.92. The predicted octanol–water partition coefficient (Wildman–Crippen LogP) is 3.33. The van der Waals surface area contributed by atoms with Crippen LogP contribution in [0.4, 0.5) is 11.8 Å². The van der Waals surface area contributed by atoms with Crippen molar-refractivity contribution in [3.8, 4) is 11.1 Å². The van der Waals surface area contributed by atoms with Gasteiger partial charge in [-0.15, -0.1) is 0 Å². The summed E-state index contributed by atoms with van der Waals surface area (Å²) in [5.41, 5.74) is 8.50. The fourth-order valence-electron chi connectivity index (χ4n) is 4.27. The number of anilines is 2. The van der Waals surface area contributed by atoms with Gasteiger partial charge in [-0.2, -0.15) is 4.98 Å². The zero-order valence-electron chi connectivity index (χ0n) is 18.6. The normalized spacial score (nSPS) is 19.0. The fraction of sp³-hybridized carbons (Fsp3) is 0.478.